The van der Waals surface area contributed by atoms with Gasteiger partial charge in [0.15, 0.2) is 0 Å². The van der Waals surface area contributed by atoms with Gasteiger partial charge in [0.1, 0.15) is 11.8 Å². The molecule has 10 nitrogen and oxygen atoms in total. The zero-order valence-corrected chi connectivity index (χ0v) is 29.9. The number of unbranched alkanes of at least 4 members (excludes halogenated alkanes) is 1. The molecule has 0 aliphatic carbocycles. The van der Waals surface area contributed by atoms with Gasteiger partial charge in [-0.15, -0.1) is 0 Å². The van der Waals surface area contributed by atoms with Crippen LogP contribution in [0.25, 0.3) is 21.8 Å². The number of hydrogen-bond acceptors (Lipinski definition) is 6. The highest BCUT2D eigenvalue weighted by Gasteiger charge is 2.28. The molecule has 3 amide bonds. The second kappa shape index (κ2) is 14.8. The summed E-state index contributed by atoms with van der Waals surface area (Å²) in [7, 11) is 0. The molecule has 52 heavy (non-hydrogen) atoms. The van der Waals surface area contributed by atoms with E-state index >= 15 is 0 Å². The Morgan fingerprint density at radius 3 is 2.46 bits per heavy atom. The molecular weight excluding hydrogens is 651 g/mol. The summed E-state index contributed by atoms with van der Waals surface area (Å²) >= 11 is 0. The van der Waals surface area contributed by atoms with Gasteiger partial charge in [0, 0.05) is 68.4 Å². The molecule has 0 radical (unpaired) electrons. The molecule has 3 aliphatic heterocycles. The Kier molecular flexibility index (Phi) is 9.61. The lowest BCUT2D eigenvalue weighted by molar-refractivity contribution is -0.120. The van der Waals surface area contributed by atoms with E-state index in [1.807, 2.05) is 18.3 Å². The summed E-state index contributed by atoms with van der Waals surface area (Å²) in [5, 5.41) is 14.1. The molecule has 3 saturated heterocycles. The molecule has 0 bridgehead atoms. The van der Waals surface area contributed by atoms with E-state index in [0.717, 1.165) is 122 Å². The van der Waals surface area contributed by atoms with Crippen LogP contribution in [0.15, 0.2) is 73.1 Å². The van der Waals surface area contributed by atoms with Gasteiger partial charge in [-0.3, -0.25) is 15.0 Å². The highest BCUT2D eigenvalue weighted by atomic mass is 16.5. The Morgan fingerprint density at radius 2 is 1.69 bits per heavy atom. The molecule has 10 heteroatoms. The SMILES string of the molecule is Cc1ccc(N2CCC(c3ccc(OCCCCN4CCC(n5ccc6c(N7CCC(=O)NC7=O)cccc65)CC4)cc3)CC2)c2[nH]cc(C#N)c12. The molecule has 5 aromatic rings. The number of H-pyrrole nitrogens is 1. The molecule has 2 aromatic heterocycles. The fourth-order valence-electron chi connectivity index (χ4n) is 8.62. The lowest BCUT2D eigenvalue weighted by Gasteiger charge is -2.34. The third kappa shape index (κ3) is 6.73. The summed E-state index contributed by atoms with van der Waals surface area (Å²) in [6.45, 7) is 8.44. The van der Waals surface area contributed by atoms with E-state index in [1.165, 1.54) is 11.3 Å². The molecule has 0 atom stereocenters. The van der Waals surface area contributed by atoms with Crippen LogP contribution in [0.1, 0.15) is 73.6 Å². The van der Waals surface area contributed by atoms with Crippen molar-refractivity contribution in [1.82, 2.24) is 19.8 Å². The number of nitrogens with zero attached hydrogens (tertiary/aromatic N) is 5. The summed E-state index contributed by atoms with van der Waals surface area (Å²) in [5.41, 5.74) is 7.52. The van der Waals surface area contributed by atoms with E-state index in [2.05, 4.69) is 92.4 Å². The molecule has 0 saturated carbocycles. The summed E-state index contributed by atoms with van der Waals surface area (Å²) in [5.74, 6) is 1.27. The van der Waals surface area contributed by atoms with Crippen molar-refractivity contribution in [1.29, 1.82) is 5.26 Å². The summed E-state index contributed by atoms with van der Waals surface area (Å²) in [4.78, 5) is 34.2. The maximum Gasteiger partial charge on any atom is 0.328 e. The third-order valence-corrected chi connectivity index (χ3v) is 11.5. The largest absolute Gasteiger partial charge is 0.494 e. The summed E-state index contributed by atoms with van der Waals surface area (Å²) < 4.78 is 8.52. The first-order chi connectivity index (χ1) is 25.5. The maximum atomic E-state index is 12.5. The van der Waals surface area contributed by atoms with Gasteiger partial charge in [0.25, 0.3) is 0 Å². The number of imide groups is 1. The molecule has 3 aromatic carbocycles. The first-order valence-corrected chi connectivity index (χ1v) is 18.9. The first-order valence-electron chi connectivity index (χ1n) is 18.9. The van der Waals surface area contributed by atoms with E-state index < -0.39 is 0 Å². The van der Waals surface area contributed by atoms with Crippen LogP contribution in [0, 0.1) is 18.3 Å². The van der Waals surface area contributed by atoms with Crippen LogP contribution in [0.4, 0.5) is 16.2 Å². The number of urea groups is 1. The smallest absolute Gasteiger partial charge is 0.328 e. The topological polar surface area (TPSA) is 110 Å². The predicted octanol–water partition coefficient (Wildman–Crippen LogP) is 7.63. The van der Waals surface area contributed by atoms with Crippen molar-refractivity contribution >= 4 is 45.1 Å². The monoisotopic (exact) mass is 697 g/mol. The number of anilines is 2. The molecular formula is C42H47N7O3. The van der Waals surface area contributed by atoms with Crippen molar-refractivity contribution < 1.29 is 14.3 Å². The van der Waals surface area contributed by atoms with Crippen molar-refractivity contribution in [3.05, 3.63) is 89.7 Å². The molecule has 0 unspecified atom stereocenters. The zero-order valence-electron chi connectivity index (χ0n) is 29.9. The summed E-state index contributed by atoms with van der Waals surface area (Å²) in [6, 6.07) is 23.7. The van der Waals surface area contributed by atoms with Crippen molar-refractivity contribution in [2.24, 2.45) is 0 Å². The van der Waals surface area contributed by atoms with Gasteiger partial charge < -0.3 is 24.1 Å². The van der Waals surface area contributed by atoms with Crippen molar-refractivity contribution in [2.45, 2.75) is 63.8 Å². The molecule has 3 aliphatic rings. The number of piperidine rings is 2. The van der Waals surface area contributed by atoms with Crippen LogP contribution in [-0.4, -0.2) is 72.3 Å². The van der Waals surface area contributed by atoms with Crippen LogP contribution in [0.3, 0.4) is 0 Å². The second-order valence-electron chi connectivity index (χ2n) is 14.6. The molecule has 3 fully saturated rings. The first kappa shape index (κ1) is 33.9. The second-order valence-corrected chi connectivity index (χ2v) is 14.6. The number of aryl methyl sites for hydroxylation is 1. The number of aromatic amines is 1. The minimum Gasteiger partial charge on any atom is -0.494 e. The van der Waals surface area contributed by atoms with Gasteiger partial charge in [-0.2, -0.15) is 5.26 Å². The lowest BCUT2D eigenvalue weighted by Crippen LogP contribution is -2.49. The average molecular weight is 698 g/mol. The van der Waals surface area contributed by atoms with Crippen LogP contribution in [0.2, 0.25) is 0 Å². The Morgan fingerprint density at radius 1 is 0.885 bits per heavy atom. The third-order valence-electron chi connectivity index (χ3n) is 11.5. The number of rotatable bonds is 10. The summed E-state index contributed by atoms with van der Waals surface area (Å²) in [6.07, 6.45) is 10.9. The Labute approximate surface area is 304 Å². The van der Waals surface area contributed by atoms with Gasteiger partial charge >= 0.3 is 6.03 Å². The quantitative estimate of drug-likeness (QED) is 0.145. The predicted molar refractivity (Wildman–Crippen MR) is 205 cm³/mol. The van der Waals surface area contributed by atoms with E-state index in [1.54, 1.807) is 4.90 Å². The zero-order chi connectivity index (χ0) is 35.6. The number of fused-ring (bicyclic) bond motifs is 2. The Balaban J connectivity index is 0.759. The van der Waals surface area contributed by atoms with Gasteiger partial charge in [-0.05, 0) is 105 Å². The van der Waals surface area contributed by atoms with Crippen molar-refractivity contribution in [3.8, 4) is 11.8 Å². The van der Waals surface area contributed by atoms with Gasteiger partial charge in [0.05, 0.1) is 34.6 Å². The van der Waals surface area contributed by atoms with Gasteiger partial charge in [-0.1, -0.05) is 24.3 Å². The van der Waals surface area contributed by atoms with E-state index in [9.17, 15) is 14.9 Å². The normalized spacial score (nSPS) is 17.9. The molecule has 0 spiro atoms. The van der Waals surface area contributed by atoms with Crippen LogP contribution in [0.5, 0.6) is 5.75 Å². The Bertz CT molecular complexity index is 2110. The van der Waals surface area contributed by atoms with E-state index in [-0.39, 0.29) is 11.9 Å². The number of likely N-dealkylation sites (tertiary alicyclic amines) is 1. The number of carbonyl (C=O) groups excluding carboxylic acids is 2. The number of hydrogen-bond donors (Lipinski definition) is 2. The standard InChI is InChI=1S/C42H47N7O3/c1-29-7-12-38(41-40(29)32(27-43)28-44-41)47-22-13-31(14-23-47)30-8-10-34(11-9-30)52-26-3-2-19-46-20-15-33(16-21-46)48-24-17-35-36(48)5-4-6-37(35)49-25-18-39(50)45-42(49)51/h4-12,17,24,28,31,33,44H,2-3,13-16,18-23,25-26H2,1H3,(H,45,50,51). The van der Waals surface area contributed by atoms with Crippen molar-refractivity contribution in [2.75, 3.05) is 55.7 Å². The van der Waals surface area contributed by atoms with E-state index in [0.29, 0.717) is 24.9 Å². The molecule has 5 heterocycles. The number of nitrogens with one attached hydrogen (secondary N) is 2. The average Bonchev–Trinajstić information content (AvgIpc) is 3.82. The maximum absolute atomic E-state index is 12.5. The van der Waals surface area contributed by atoms with Gasteiger partial charge in [-0.25, -0.2) is 4.79 Å². The molecule has 268 valence electrons. The number of ether oxygens (including phenoxy) is 1. The number of aromatic nitrogens is 2. The minimum atomic E-state index is -0.341. The van der Waals surface area contributed by atoms with Crippen LogP contribution >= 0.6 is 0 Å². The lowest BCUT2D eigenvalue weighted by atomic mass is 9.89. The number of nitriles is 1. The molecule has 8 rings (SSSR count). The number of carbonyl (C=O) groups is 2. The van der Waals surface area contributed by atoms with E-state index in [4.69, 9.17) is 4.74 Å². The number of benzene rings is 3. The van der Waals surface area contributed by atoms with Crippen LogP contribution in [-0.2, 0) is 4.79 Å². The molecule has 2 N–H and O–H groups in total. The number of amides is 3. The Hall–Kier alpha value is -5.27. The highest BCUT2D eigenvalue weighted by Crippen LogP contribution is 2.37. The fourth-order valence-corrected chi connectivity index (χ4v) is 8.62. The highest BCUT2D eigenvalue weighted by molar-refractivity contribution is 6.09. The van der Waals surface area contributed by atoms with Crippen LogP contribution < -0.4 is 19.9 Å². The fraction of sp³-hybridized carbons (Fsp3) is 0.405. The van der Waals surface area contributed by atoms with Gasteiger partial charge in [0.2, 0.25) is 5.91 Å². The minimum absolute atomic E-state index is 0.213. The van der Waals surface area contributed by atoms with Crippen molar-refractivity contribution in [3.63, 3.8) is 0 Å².